The summed E-state index contributed by atoms with van der Waals surface area (Å²) in [6.07, 6.45) is 2.96. The van der Waals surface area contributed by atoms with Crippen molar-refractivity contribution in [3.8, 4) is 6.07 Å². The standard InChI is InChI=1S/C13H12N2O3S/c1-10-6-13(3-2-12(10)7-14)19(16,17)15-8-11-4-5-18-9-11/h2-6,9,15H,8H2,1H3. The van der Waals surface area contributed by atoms with E-state index in [9.17, 15) is 8.42 Å². The second-order valence-corrected chi connectivity index (χ2v) is 5.81. The number of benzene rings is 1. The Labute approximate surface area is 111 Å². The minimum Gasteiger partial charge on any atom is -0.472 e. The zero-order valence-corrected chi connectivity index (χ0v) is 11.1. The summed E-state index contributed by atoms with van der Waals surface area (Å²) in [5.74, 6) is 0. The van der Waals surface area contributed by atoms with Gasteiger partial charge in [-0.05, 0) is 36.8 Å². The number of nitriles is 1. The van der Waals surface area contributed by atoms with Crippen LogP contribution in [0.2, 0.25) is 0 Å². The Morgan fingerprint density at radius 1 is 1.37 bits per heavy atom. The van der Waals surface area contributed by atoms with Gasteiger partial charge in [-0.2, -0.15) is 5.26 Å². The Morgan fingerprint density at radius 2 is 2.16 bits per heavy atom. The highest BCUT2D eigenvalue weighted by molar-refractivity contribution is 7.89. The van der Waals surface area contributed by atoms with E-state index in [-0.39, 0.29) is 11.4 Å². The minimum atomic E-state index is -3.58. The molecule has 0 amide bonds. The smallest absolute Gasteiger partial charge is 0.240 e. The van der Waals surface area contributed by atoms with Crippen LogP contribution < -0.4 is 4.72 Å². The monoisotopic (exact) mass is 276 g/mol. The van der Waals surface area contributed by atoms with Crippen molar-refractivity contribution in [1.29, 1.82) is 5.26 Å². The van der Waals surface area contributed by atoms with Crippen LogP contribution in [0, 0.1) is 18.3 Å². The molecule has 0 fully saturated rings. The van der Waals surface area contributed by atoms with Gasteiger partial charge in [0.2, 0.25) is 10.0 Å². The number of nitrogens with zero attached hydrogens (tertiary/aromatic N) is 1. The summed E-state index contributed by atoms with van der Waals surface area (Å²) >= 11 is 0. The van der Waals surface area contributed by atoms with E-state index in [1.807, 2.05) is 6.07 Å². The maximum absolute atomic E-state index is 12.1. The summed E-state index contributed by atoms with van der Waals surface area (Å²) in [4.78, 5) is 0.146. The lowest BCUT2D eigenvalue weighted by Crippen LogP contribution is -2.23. The second-order valence-electron chi connectivity index (χ2n) is 4.04. The summed E-state index contributed by atoms with van der Waals surface area (Å²) in [5.41, 5.74) is 1.84. The zero-order chi connectivity index (χ0) is 13.9. The Morgan fingerprint density at radius 3 is 2.74 bits per heavy atom. The van der Waals surface area contributed by atoms with Gasteiger partial charge >= 0.3 is 0 Å². The van der Waals surface area contributed by atoms with Crippen LogP contribution in [0.25, 0.3) is 0 Å². The first-order valence-corrected chi connectivity index (χ1v) is 7.03. The van der Waals surface area contributed by atoms with Crippen LogP contribution in [0.15, 0.2) is 46.1 Å². The summed E-state index contributed by atoms with van der Waals surface area (Å²) in [5, 5.41) is 8.82. The van der Waals surface area contributed by atoms with Gasteiger partial charge in [-0.3, -0.25) is 0 Å². The molecule has 1 aromatic heterocycles. The Balaban J connectivity index is 2.20. The molecule has 0 saturated heterocycles. The molecule has 0 radical (unpaired) electrons. The van der Waals surface area contributed by atoms with Crippen molar-refractivity contribution < 1.29 is 12.8 Å². The molecule has 0 aliphatic heterocycles. The normalized spacial score (nSPS) is 11.2. The third-order valence-corrected chi connectivity index (χ3v) is 4.07. The SMILES string of the molecule is Cc1cc(S(=O)(=O)NCc2ccoc2)ccc1C#N. The van der Waals surface area contributed by atoms with Crippen LogP contribution >= 0.6 is 0 Å². The maximum atomic E-state index is 12.1. The Hall–Kier alpha value is -2.10. The summed E-state index contributed by atoms with van der Waals surface area (Å²) in [7, 11) is -3.58. The van der Waals surface area contributed by atoms with Crippen molar-refractivity contribution in [1.82, 2.24) is 4.72 Å². The van der Waals surface area contributed by atoms with Crippen LogP contribution in [-0.2, 0) is 16.6 Å². The average Bonchev–Trinajstić information content (AvgIpc) is 2.89. The first kappa shape index (κ1) is 13.3. The molecule has 2 aromatic rings. The van der Waals surface area contributed by atoms with Crippen LogP contribution in [-0.4, -0.2) is 8.42 Å². The summed E-state index contributed by atoms with van der Waals surface area (Å²) in [6, 6.07) is 8.09. The number of aryl methyl sites for hydroxylation is 1. The van der Waals surface area contributed by atoms with E-state index in [4.69, 9.17) is 9.68 Å². The summed E-state index contributed by atoms with van der Waals surface area (Å²) in [6.45, 7) is 1.87. The van der Waals surface area contributed by atoms with E-state index in [2.05, 4.69) is 4.72 Å². The lowest BCUT2D eigenvalue weighted by atomic mass is 10.1. The molecular formula is C13H12N2O3S. The van der Waals surface area contributed by atoms with Gasteiger partial charge in [0, 0.05) is 12.1 Å². The molecule has 98 valence electrons. The third-order valence-electron chi connectivity index (χ3n) is 2.68. The fraction of sp³-hybridized carbons (Fsp3) is 0.154. The van der Waals surface area contributed by atoms with E-state index in [0.29, 0.717) is 11.1 Å². The van der Waals surface area contributed by atoms with Gasteiger partial charge in [0.1, 0.15) is 0 Å². The molecule has 5 nitrogen and oxygen atoms in total. The van der Waals surface area contributed by atoms with Crippen LogP contribution in [0.1, 0.15) is 16.7 Å². The molecule has 6 heteroatoms. The quantitative estimate of drug-likeness (QED) is 0.925. The van der Waals surface area contributed by atoms with Gasteiger partial charge in [-0.25, -0.2) is 13.1 Å². The first-order chi connectivity index (χ1) is 9.03. The highest BCUT2D eigenvalue weighted by Gasteiger charge is 2.15. The summed E-state index contributed by atoms with van der Waals surface area (Å²) < 4.78 is 31.4. The fourth-order valence-corrected chi connectivity index (χ4v) is 2.69. The number of nitrogens with one attached hydrogen (secondary N) is 1. The van der Waals surface area contributed by atoms with Crippen molar-refractivity contribution in [3.05, 3.63) is 53.5 Å². The van der Waals surface area contributed by atoms with Gasteiger partial charge in [-0.1, -0.05) is 0 Å². The van der Waals surface area contributed by atoms with Gasteiger partial charge in [0.25, 0.3) is 0 Å². The largest absolute Gasteiger partial charge is 0.472 e. The Kier molecular flexibility index (Phi) is 3.69. The molecular weight excluding hydrogens is 264 g/mol. The molecule has 1 N–H and O–H groups in total. The molecule has 19 heavy (non-hydrogen) atoms. The minimum absolute atomic E-state index is 0.146. The number of hydrogen-bond donors (Lipinski definition) is 1. The number of sulfonamides is 1. The molecule has 0 saturated carbocycles. The van der Waals surface area contributed by atoms with Crippen LogP contribution in [0.5, 0.6) is 0 Å². The van der Waals surface area contributed by atoms with Crippen molar-refractivity contribution >= 4 is 10.0 Å². The molecule has 0 bridgehead atoms. The number of hydrogen-bond acceptors (Lipinski definition) is 4. The number of rotatable bonds is 4. The molecule has 0 atom stereocenters. The van der Waals surface area contributed by atoms with Crippen molar-refractivity contribution in [3.63, 3.8) is 0 Å². The van der Waals surface area contributed by atoms with E-state index in [1.54, 1.807) is 13.0 Å². The van der Waals surface area contributed by atoms with Crippen LogP contribution in [0.3, 0.4) is 0 Å². The molecule has 0 spiro atoms. The van der Waals surface area contributed by atoms with Crippen molar-refractivity contribution in [2.75, 3.05) is 0 Å². The van der Waals surface area contributed by atoms with Crippen LogP contribution in [0.4, 0.5) is 0 Å². The lowest BCUT2D eigenvalue weighted by Gasteiger charge is -2.07. The Bertz CT molecular complexity index is 713. The van der Waals surface area contributed by atoms with E-state index in [0.717, 1.165) is 5.56 Å². The molecule has 0 unspecified atom stereocenters. The van der Waals surface area contributed by atoms with Gasteiger partial charge in [-0.15, -0.1) is 0 Å². The molecule has 2 rings (SSSR count). The predicted molar refractivity (Wildman–Crippen MR) is 68.6 cm³/mol. The first-order valence-electron chi connectivity index (χ1n) is 5.54. The molecule has 1 heterocycles. The average molecular weight is 276 g/mol. The van der Waals surface area contributed by atoms with Crippen molar-refractivity contribution in [2.45, 2.75) is 18.4 Å². The van der Waals surface area contributed by atoms with E-state index >= 15 is 0 Å². The molecule has 0 aliphatic carbocycles. The van der Waals surface area contributed by atoms with Gasteiger partial charge in [0.05, 0.1) is 29.1 Å². The topological polar surface area (TPSA) is 83.1 Å². The molecule has 1 aromatic carbocycles. The second kappa shape index (κ2) is 5.26. The predicted octanol–water partition coefficient (Wildman–Crippen LogP) is 1.94. The lowest BCUT2D eigenvalue weighted by molar-refractivity contribution is 0.561. The highest BCUT2D eigenvalue weighted by Crippen LogP contribution is 2.15. The van der Waals surface area contributed by atoms with Gasteiger partial charge in [0.15, 0.2) is 0 Å². The maximum Gasteiger partial charge on any atom is 0.240 e. The number of furan rings is 1. The third kappa shape index (κ3) is 3.02. The van der Waals surface area contributed by atoms with Crippen molar-refractivity contribution in [2.24, 2.45) is 0 Å². The highest BCUT2D eigenvalue weighted by atomic mass is 32.2. The van der Waals surface area contributed by atoms with E-state index in [1.165, 1.54) is 30.7 Å². The van der Waals surface area contributed by atoms with E-state index < -0.39 is 10.0 Å². The zero-order valence-electron chi connectivity index (χ0n) is 10.3. The van der Waals surface area contributed by atoms with Gasteiger partial charge < -0.3 is 4.42 Å². The molecule has 0 aliphatic rings. The fourth-order valence-electron chi connectivity index (χ4n) is 1.58.